The molecule has 0 spiro atoms. The molecule has 1 aliphatic rings. The number of nitrogens with two attached hydrogens (primary N) is 1. The minimum atomic E-state index is -0.536. The van der Waals surface area contributed by atoms with E-state index in [-0.39, 0.29) is 11.8 Å². The summed E-state index contributed by atoms with van der Waals surface area (Å²) in [5.41, 5.74) is 7.10. The Morgan fingerprint density at radius 2 is 2.00 bits per heavy atom. The van der Waals surface area contributed by atoms with Gasteiger partial charge in [0, 0.05) is 11.6 Å². The maximum Gasteiger partial charge on any atom is 0.168 e. The molecule has 1 saturated carbocycles. The molecule has 0 unspecified atom stereocenters. The minimum absolute atomic E-state index is 0.238. The Morgan fingerprint density at radius 1 is 1.38 bits per heavy atom. The predicted molar refractivity (Wildman–Crippen MR) is 61.7 cm³/mol. The number of halogens is 1. The normalized spacial score (nSPS) is 18.9. The molecule has 88 valence electrons. The fraction of sp³-hybridized carbons (Fsp3) is 0.538. The quantitative estimate of drug-likeness (QED) is 0.809. The number of phenols is 1. The van der Waals surface area contributed by atoms with Crippen molar-refractivity contribution in [3.05, 3.63) is 29.1 Å². The molecule has 0 amide bonds. The largest absolute Gasteiger partial charge is 0.505 e. The molecule has 2 nitrogen and oxygen atoms in total. The van der Waals surface area contributed by atoms with Crippen LogP contribution in [-0.2, 0) is 0 Å². The van der Waals surface area contributed by atoms with E-state index >= 15 is 0 Å². The summed E-state index contributed by atoms with van der Waals surface area (Å²) >= 11 is 0. The van der Waals surface area contributed by atoms with Crippen LogP contribution in [-0.4, -0.2) is 5.11 Å². The summed E-state index contributed by atoms with van der Waals surface area (Å²) in [6.45, 7) is 1.64. The first-order valence-electron chi connectivity index (χ1n) is 5.85. The molecule has 0 aromatic heterocycles. The molecular formula is C13H18FNO. The highest BCUT2D eigenvalue weighted by Crippen LogP contribution is 2.38. The van der Waals surface area contributed by atoms with Crippen molar-refractivity contribution in [1.29, 1.82) is 0 Å². The van der Waals surface area contributed by atoms with Crippen LogP contribution in [0, 0.1) is 18.7 Å². The molecule has 3 N–H and O–H groups in total. The summed E-state index contributed by atoms with van der Waals surface area (Å²) in [7, 11) is 0. The first-order valence-corrected chi connectivity index (χ1v) is 5.85. The van der Waals surface area contributed by atoms with Gasteiger partial charge in [0.15, 0.2) is 11.6 Å². The van der Waals surface area contributed by atoms with Gasteiger partial charge in [-0.1, -0.05) is 25.0 Å². The van der Waals surface area contributed by atoms with Crippen molar-refractivity contribution in [3.8, 4) is 5.75 Å². The standard InChI is InChI=1S/C13H18FNO/c1-8-6-7-10(13(16)11(8)14)12(15)9-4-2-3-5-9/h6-7,9,12,16H,2-5,15H2,1H3/t12-/m0/s1. The second-order valence-electron chi connectivity index (χ2n) is 4.70. The molecule has 0 radical (unpaired) electrons. The van der Waals surface area contributed by atoms with Gasteiger partial charge in [0.05, 0.1) is 0 Å². The monoisotopic (exact) mass is 223 g/mol. The number of phenolic OH excluding ortho intramolecular Hbond substituents is 1. The molecular weight excluding hydrogens is 205 g/mol. The van der Waals surface area contributed by atoms with Gasteiger partial charge in [-0.2, -0.15) is 0 Å². The SMILES string of the molecule is Cc1ccc([C@@H](N)C2CCCC2)c(O)c1F. The molecule has 0 aliphatic heterocycles. The van der Waals surface area contributed by atoms with E-state index in [0.717, 1.165) is 12.8 Å². The number of aryl methyl sites for hydroxylation is 1. The van der Waals surface area contributed by atoms with Crippen molar-refractivity contribution >= 4 is 0 Å². The van der Waals surface area contributed by atoms with E-state index in [2.05, 4.69) is 0 Å². The van der Waals surface area contributed by atoms with E-state index in [9.17, 15) is 9.50 Å². The van der Waals surface area contributed by atoms with Gasteiger partial charge in [0.2, 0.25) is 0 Å². The number of aromatic hydroxyl groups is 1. The maximum atomic E-state index is 13.5. The van der Waals surface area contributed by atoms with E-state index in [0.29, 0.717) is 17.0 Å². The zero-order chi connectivity index (χ0) is 11.7. The molecule has 0 bridgehead atoms. The Kier molecular flexibility index (Phi) is 3.15. The smallest absolute Gasteiger partial charge is 0.168 e. The molecule has 2 rings (SSSR count). The summed E-state index contributed by atoms with van der Waals surface area (Å²) < 4.78 is 13.5. The van der Waals surface area contributed by atoms with E-state index in [4.69, 9.17) is 5.73 Å². The van der Waals surface area contributed by atoms with Crippen LogP contribution >= 0.6 is 0 Å². The highest BCUT2D eigenvalue weighted by Gasteiger charge is 2.26. The highest BCUT2D eigenvalue weighted by molar-refractivity contribution is 5.40. The van der Waals surface area contributed by atoms with Crippen molar-refractivity contribution in [2.45, 2.75) is 38.6 Å². The first-order chi connectivity index (χ1) is 7.61. The van der Waals surface area contributed by atoms with Crippen LogP contribution in [0.1, 0.15) is 42.9 Å². The Balaban J connectivity index is 2.29. The van der Waals surface area contributed by atoms with Crippen LogP contribution in [0.25, 0.3) is 0 Å². The molecule has 0 saturated heterocycles. The summed E-state index contributed by atoms with van der Waals surface area (Å²) in [6, 6.07) is 3.19. The highest BCUT2D eigenvalue weighted by atomic mass is 19.1. The average Bonchev–Trinajstić information content (AvgIpc) is 2.79. The van der Waals surface area contributed by atoms with Crippen molar-refractivity contribution in [2.24, 2.45) is 11.7 Å². The summed E-state index contributed by atoms with van der Waals surface area (Å²) in [5, 5.41) is 9.75. The van der Waals surface area contributed by atoms with Crippen molar-refractivity contribution < 1.29 is 9.50 Å². The lowest BCUT2D eigenvalue weighted by atomic mass is 9.91. The first kappa shape index (κ1) is 11.4. The van der Waals surface area contributed by atoms with Gasteiger partial charge in [0.25, 0.3) is 0 Å². The number of hydrogen-bond donors (Lipinski definition) is 2. The Hall–Kier alpha value is -1.09. The molecule has 1 aliphatic carbocycles. The second-order valence-corrected chi connectivity index (χ2v) is 4.70. The predicted octanol–water partition coefficient (Wildman–Crippen LogP) is 3.03. The fourth-order valence-electron chi connectivity index (χ4n) is 2.52. The zero-order valence-corrected chi connectivity index (χ0v) is 9.54. The summed E-state index contributed by atoms with van der Waals surface area (Å²) in [4.78, 5) is 0. The Bertz CT molecular complexity index is 386. The van der Waals surface area contributed by atoms with Crippen LogP contribution in [0.3, 0.4) is 0 Å². The fourth-order valence-corrected chi connectivity index (χ4v) is 2.52. The van der Waals surface area contributed by atoms with Gasteiger partial charge in [0.1, 0.15) is 0 Å². The van der Waals surface area contributed by atoms with Crippen LogP contribution in [0.4, 0.5) is 4.39 Å². The van der Waals surface area contributed by atoms with E-state index in [1.807, 2.05) is 0 Å². The molecule has 3 heteroatoms. The van der Waals surface area contributed by atoms with E-state index < -0.39 is 5.82 Å². The molecule has 0 heterocycles. The zero-order valence-electron chi connectivity index (χ0n) is 9.54. The molecule has 1 fully saturated rings. The molecule has 16 heavy (non-hydrogen) atoms. The van der Waals surface area contributed by atoms with Gasteiger partial charge in [-0.05, 0) is 31.2 Å². The second kappa shape index (κ2) is 4.42. The van der Waals surface area contributed by atoms with Crippen LogP contribution < -0.4 is 5.73 Å². The van der Waals surface area contributed by atoms with Gasteiger partial charge >= 0.3 is 0 Å². The maximum absolute atomic E-state index is 13.5. The third-order valence-electron chi connectivity index (χ3n) is 3.61. The topological polar surface area (TPSA) is 46.2 Å². The molecule has 1 atom stereocenters. The molecule has 1 aromatic rings. The Labute approximate surface area is 95.3 Å². The number of hydrogen-bond acceptors (Lipinski definition) is 2. The average molecular weight is 223 g/mol. The van der Waals surface area contributed by atoms with E-state index in [1.165, 1.54) is 12.8 Å². The number of benzene rings is 1. The molecule has 1 aromatic carbocycles. The van der Waals surface area contributed by atoms with Crippen LogP contribution in [0.2, 0.25) is 0 Å². The van der Waals surface area contributed by atoms with Crippen molar-refractivity contribution in [2.75, 3.05) is 0 Å². The van der Waals surface area contributed by atoms with E-state index in [1.54, 1.807) is 19.1 Å². The van der Waals surface area contributed by atoms with Gasteiger partial charge in [-0.25, -0.2) is 4.39 Å². The van der Waals surface area contributed by atoms with Gasteiger partial charge in [-0.3, -0.25) is 0 Å². The third kappa shape index (κ3) is 1.92. The van der Waals surface area contributed by atoms with Crippen molar-refractivity contribution in [3.63, 3.8) is 0 Å². The summed E-state index contributed by atoms with van der Waals surface area (Å²) in [6.07, 6.45) is 4.53. The Morgan fingerprint density at radius 3 is 2.62 bits per heavy atom. The van der Waals surface area contributed by atoms with Crippen molar-refractivity contribution in [1.82, 2.24) is 0 Å². The lowest BCUT2D eigenvalue weighted by Gasteiger charge is -2.20. The lowest BCUT2D eigenvalue weighted by molar-refractivity contribution is 0.390. The van der Waals surface area contributed by atoms with Crippen LogP contribution in [0.15, 0.2) is 12.1 Å². The van der Waals surface area contributed by atoms with Gasteiger partial charge in [-0.15, -0.1) is 0 Å². The summed E-state index contributed by atoms with van der Waals surface area (Å²) in [5.74, 6) is -0.418. The number of rotatable bonds is 2. The van der Waals surface area contributed by atoms with Crippen LogP contribution in [0.5, 0.6) is 5.75 Å². The van der Waals surface area contributed by atoms with Gasteiger partial charge < -0.3 is 10.8 Å². The lowest BCUT2D eigenvalue weighted by Crippen LogP contribution is -2.19. The third-order valence-corrected chi connectivity index (χ3v) is 3.61. The minimum Gasteiger partial charge on any atom is -0.505 e.